The minimum absolute atomic E-state index is 0.165. The summed E-state index contributed by atoms with van der Waals surface area (Å²) in [4.78, 5) is 12.2. The van der Waals surface area contributed by atoms with Crippen molar-refractivity contribution in [3.8, 4) is 17.1 Å². The maximum Gasteiger partial charge on any atom is 0.234 e. The molecule has 0 saturated heterocycles. The van der Waals surface area contributed by atoms with Gasteiger partial charge in [-0.15, -0.1) is 10.2 Å². The first-order valence-electron chi connectivity index (χ1n) is 8.49. The molecule has 1 heterocycles. The molecule has 2 aromatic carbocycles. The van der Waals surface area contributed by atoms with E-state index in [4.69, 9.17) is 27.9 Å². The summed E-state index contributed by atoms with van der Waals surface area (Å²) in [5.74, 6) is 1.47. The van der Waals surface area contributed by atoms with E-state index in [2.05, 4.69) is 15.5 Å². The second-order valence-electron chi connectivity index (χ2n) is 5.76. The average molecular weight is 437 g/mol. The molecule has 146 valence electrons. The van der Waals surface area contributed by atoms with Crippen molar-refractivity contribution in [1.82, 2.24) is 14.8 Å². The molecule has 3 aromatic rings. The highest BCUT2D eigenvalue weighted by atomic mass is 35.5. The smallest absolute Gasteiger partial charge is 0.234 e. The van der Waals surface area contributed by atoms with Gasteiger partial charge in [0, 0.05) is 12.6 Å². The lowest BCUT2D eigenvalue weighted by atomic mass is 10.2. The van der Waals surface area contributed by atoms with Crippen LogP contribution in [0.5, 0.6) is 5.75 Å². The zero-order valence-electron chi connectivity index (χ0n) is 15.3. The Morgan fingerprint density at radius 1 is 1.18 bits per heavy atom. The van der Waals surface area contributed by atoms with E-state index in [1.165, 1.54) is 11.8 Å². The summed E-state index contributed by atoms with van der Waals surface area (Å²) in [5, 5.41) is 12.5. The predicted octanol–water partition coefficient (Wildman–Crippen LogP) is 4.92. The lowest BCUT2D eigenvalue weighted by Gasteiger charge is -2.08. The molecule has 6 nitrogen and oxygen atoms in total. The number of ether oxygens (including phenoxy) is 1. The molecule has 0 fully saturated rings. The van der Waals surface area contributed by atoms with Crippen molar-refractivity contribution < 1.29 is 9.53 Å². The fourth-order valence-corrected chi connectivity index (χ4v) is 3.53. The minimum Gasteiger partial charge on any atom is -0.494 e. The van der Waals surface area contributed by atoms with Crippen molar-refractivity contribution in [2.24, 2.45) is 7.05 Å². The molecule has 0 atom stereocenters. The Kier molecular flexibility index (Phi) is 6.83. The van der Waals surface area contributed by atoms with Crippen molar-refractivity contribution >= 4 is 46.6 Å². The van der Waals surface area contributed by atoms with E-state index in [1.807, 2.05) is 42.8 Å². The summed E-state index contributed by atoms with van der Waals surface area (Å²) < 4.78 is 7.30. The van der Waals surface area contributed by atoms with Gasteiger partial charge in [-0.05, 0) is 43.3 Å². The number of amides is 1. The van der Waals surface area contributed by atoms with Gasteiger partial charge in [-0.2, -0.15) is 0 Å². The van der Waals surface area contributed by atoms with E-state index < -0.39 is 0 Å². The second-order valence-corrected chi connectivity index (χ2v) is 7.49. The number of carbonyl (C=O) groups is 1. The second kappa shape index (κ2) is 9.32. The summed E-state index contributed by atoms with van der Waals surface area (Å²) in [6, 6.07) is 12.7. The summed E-state index contributed by atoms with van der Waals surface area (Å²) >= 11 is 13.3. The first kappa shape index (κ1) is 20.5. The Hall–Kier alpha value is -2.22. The number of anilines is 1. The van der Waals surface area contributed by atoms with E-state index in [0.29, 0.717) is 33.3 Å². The third-order valence-corrected chi connectivity index (χ3v) is 5.66. The SMILES string of the molecule is CCOc1ccc(-c2nnc(SCC(=O)Nc3cccc(Cl)c3Cl)n2C)cc1. The van der Waals surface area contributed by atoms with Crippen molar-refractivity contribution in [3.63, 3.8) is 0 Å². The van der Waals surface area contributed by atoms with Crippen LogP contribution in [-0.2, 0) is 11.8 Å². The molecular formula is C19H18Cl2N4O2S. The van der Waals surface area contributed by atoms with Crippen LogP contribution in [0.3, 0.4) is 0 Å². The summed E-state index contributed by atoms with van der Waals surface area (Å²) in [5.41, 5.74) is 1.40. The highest BCUT2D eigenvalue weighted by Crippen LogP contribution is 2.30. The molecule has 28 heavy (non-hydrogen) atoms. The molecule has 0 aliphatic carbocycles. The quantitative estimate of drug-likeness (QED) is 0.532. The number of hydrogen-bond acceptors (Lipinski definition) is 5. The monoisotopic (exact) mass is 436 g/mol. The van der Waals surface area contributed by atoms with Gasteiger partial charge < -0.3 is 14.6 Å². The van der Waals surface area contributed by atoms with Gasteiger partial charge in [-0.3, -0.25) is 4.79 Å². The van der Waals surface area contributed by atoms with E-state index in [9.17, 15) is 4.79 Å². The van der Waals surface area contributed by atoms with Crippen LogP contribution >= 0.6 is 35.0 Å². The number of hydrogen-bond donors (Lipinski definition) is 1. The fraction of sp³-hybridized carbons (Fsp3) is 0.211. The Labute approximate surface area is 177 Å². The molecule has 0 aliphatic heterocycles. The highest BCUT2D eigenvalue weighted by Gasteiger charge is 2.14. The molecular weight excluding hydrogens is 419 g/mol. The van der Waals surface area contributed by atoms with Gasteiger partial charge in [0.2, 0.25) is 5.91 Å². The van der Waals surface area contributed by atoms with E-state index in [1.54, 1.807) is 18.2 Å². The van der Waals surface area contributed by atoms with Crippen LogP contribution in [0.25, 0.3) is 11.4 Å². The lowest BCUT2D eigenvalue weighted by molar-refractivity contribution is -0.113. The molecule has 1 aromatic heterocycles. The maximum atomic E-state index is 12.2. The van der Waals surface area contributed by atoms with Crippen LogP contribution in [0, 0.1) is 0 Å². The van der Waals surface area contributed by atoms with Crippen LogP contribution in [0.1, 0.15) is 6.92 Å². The minimum atomic E-state index is -0.209. The third kappa shape index (κ3) is 4.79. The topological polar surface area (TPSA) is 69.0 Å². The normalized spacial score (nSPS) is 10.7. The molecule has 0 radical (unpaired) electrons. The zero-order chi connectivity index (χ0) is 20.1. The van der Waals surface area contributed by atoms with Gasteiger partial charge in [0.25, 0.3) is 0 Å². The molecule has 0 bridgehead atoms. The molecule has 1 amide bonds. The van der Waals surface area contributed by atoms with Crippen LogP contribution in [0.15, 0.2) is 47.6 Å². The molecule has 0 saturated carbocycles. The zero-order valence-corrected chi connectivity index (χ0v) is 17.6. The standard InChI is InChI=1S/C19H18Cl2N4O2S/c1-3-27-13-9-7-12(8-10-13)18-23-24-19(25(18)2)28-11-16(26)22-15-6-4-5-14(20)17(15)21/h4-10H,3,11H2,1-2H3,(H,22,26). The van der Waals surface area contributed by atoms with Crippen molar-refractivity contribution in [2.75, 3.05) is 17.7 Å². The van der Waals surface area contributed by atoms with E-state index in [0.717, 1.165) is 11.3 Å². The predicted molar refractivity (Wildman–Crippen MR) is 113 cm³/mol. The molecule has 0 aliphatic rings. The van der Waals surface area contributed by atoms with Gasteiger partial charge in [-0.1, -0.05) is 41.0 Å². The Balaban J connectivity index is 1.64. The van der Waals surface area contributed by atoms with Crippen LogP contribution in [0.4, 0.5) is 5.69 Å². The first-order valence-corrected chi connectivity index (χ1v) is 10.2. The number of halogens is 2. The van der Waals surface area contributed by atoms with Crippen LogP contribution in [-0.4, -0.2) is 33.0 Å². The average Bonchev–Trinajstić information content (AvgIpc) is 3.05. The van der Waals surface area contributed by atoms with Gasteiger partial charge in [-0.25, -0.2) is 0 Å². The Bertz CT molecular complexity index is 977. The number of thioether (sulfide) groups is 1. The first-order chi connectivity index (χ1) is 13.5. The molecule has 0 unspecified atom stereocenters. The van der Waals surface area contributed by atoms with E-state index in [-0.39, 0.29) is 11.7 Å². The number of nitrogens with one attached hydrogen (secondary N) is 1. The third-order valence-electron chi connectivity index (χ3n) is 3.82. The lowest BCUT2D eigenvalue weighted by Crippen LogP contribution is -2.14. The maximum absolute atomic E-state index is 12.2. The van der Waals surface area contributed by atoms with Crippen LogP contribution in [0.2, 0.25) is 10.0 Å². The fourth-order valence-electron chi connectivity index (χ4n) is 2.48. The molecule has 9 heteroatoms. The Morgan fingerprint density at radius 2 is 1.93 bits per heavy atom. The highest BCUT2D eigenvalue weighted by molar-refractivity contribution is 7.99. The van der Waals surface area contributed by atoms with E-state index >= 15 is 0 Å². The summed E-state index contributed by atoms with van der Waals surface area (Å²) in [7, 11) is 1.86. The van der Waals surface area contributed by atoms with Gasteiger partial charge in [0.05, 0.1) is 28.1 Å². The number of rotatable bonds is 7. The number of aromatic nitrogens is 3. The van der Waals surface area contributed by atoms with Crippen molar-refractivity contribution in [2.45, 2.75) is 12.1 Å². The van der Waals surface area contributed by atoms with Gasteiger partial charge in [0.1, 0.15) is 5.75 Å². The number of benzene rings is 2. The molecule has 0 spiro atoms. The molecule has 3 rings (SSSR count). The van der Waals surface area contributed by atoms with Crippen molar-refractivity contribution in [3.05, 3.63) is 52.5 Å². The van der Waals surface area contributed by atoms with Gasteiger partial charge >= 0.3 is 0 Å². The molecule has 1 N–H and O–H groups in total. The van der Waals surface area contributed by atoms with Gasteiger partial charge in [0.15, 0.2) is 11.0 Å². The summed E-state index contributed by atoms with van der Waals surface area (Å²) in [6.45, 7) is 2.56. The largest absolute Gasteiger partial charge is 0.494 e. The van der Waals surface area contributed by atoms with Crippen molar-refractivity contribution in [1.29, 1.82) is 0 Å². The number of nitrogens with zero attached hydrogens (tertiary/aromatic N) is 3. The summed E-state index contributed by atoms with van der Waals surface area (Å²) in [6.07, 6.45) is 0. The Morgan fingerprint density at radius 3 is 2.64 bits per heavy atom. The number of carbonyl (C=O) groups excluding carboxylic acids is 1. The van der Waals surface area contributed by atoms with Crippen LogP contribution < -0.4 is 10.1 Å².